The average molecular weight is 410 g/mol. The van der Waals surface area contributed by atoms with Crippen LogP contribution in [-0.2, 0) is 19.6 Å². The Labute approximate surface area is 150 Å². The highest BCUT2D eigenvalue weighted by Gasteiger charge is 2.51. The number of hydroxylamine groups is 2. The van der Waals surface area contributed by atoms with Gasteiger partial charge in [0.1, 0.15) is 11.8 Å². The van der Waals surface area contributed by atoms with Crippen molar-refractivity contribution in [3.63, 3.8) is 0 Å². The lowest BCUT2D eigenvalue weighted by Crippen LogP contribution is -2.39. The van der Waals surface area contributed by atoms with E-state index in [0.29, 0.717) is 5.06 Å². The third kappa shape index (κ3) is 3.06. The SMILES string of the molecule is CCOC(=O)C1c2ccc(OS(=O)(=O)C(F)(F)F)cc2C2CN1C(=O)N2O. The van der Waals surface area contributed by atoms with E-state index in [1.807, 2.05) is 0 Å². The predicted octanol–water partition coefficient (Wildman–Crippen LogP) is 1.70. The first kappa shape index (κ1) is 19.2. The van der Waals surface area contributed by atoms with Crippen LogP contribution in [-0.4, -0.2) is 54.2 Å². The molecule has 1 aromatic rings. The summed E-state index contributed by atoms with van der Waals surface area (Å²) in [6.45, 7) is 1.43. The molecule has 1 aromatic carbocycles. The molecular weight excluding hydrogens is 397 g/mol. The number of hydrogen-bond donors (Lipinski definition) is 1. The summed E-state index contributed by atoms with van der Waals surface area (Å²) in [5.41, 5.74) is -5.36. The number of carbonyl (C=O) groups excluding carboxylic acids is 2. The van der Waals surface area contributed by atoms with Gasteiger partial charge in [0.2, 0.25) is 0 Å². The second-order valence-electron chi connectivity index (χ2n) is 5.72. The van der Waals surface area contributed by atoms with Gasteiger partial charge in [0.05, 0.1) is 13.2 Å². The van der Waals surface area contributed by atoms with E-state index >= 15 is 0 Å². The van der Waals surface area contributed by atoms with Crippen molar-refractivity contribution in [3.05, 3.63) is 29.3 Å². The van der Waals surface area contributed by atoms with E-state index in [9.17, 15) is 36.4 Å². The Bertz CT molecular complexity index is 902. The Hall–Kier alpha value is -2.54. The van der Waals surface area contributed by atoms with Gasteiger partial charge in [0, 0.05) is 0 Å². The van der Waals surface area contributed by atoms with Crippen molar-refractivity contribution in [1.29, 1.82) is 0 Å². The first-order valence-electron chi connectivity index (χ1n) is 7.58. The summed E-state index contributed by atoms with van der Waals surface area (Å²) in [4.78, 5) is 25.4. The number of hydrogen-bond acceptors (Lipinski definition) is 7. The van der Waals surface area contributed by atoms with Crippen molar-refractivity contribution in [2.45, 2.75) is 24.5 Å². The number of amides is 2. The highest BCUT2D eigenvalue weighted by molar-refractivity contribution is 7.88. The van der Waals surface area contributed by atoms with Crippen LogP contribution in [0, 0.1) is 0 Å². The van der Waals surface area contributed by atoms with Crippen LogP contribution in [0.1, 0.15) is 30.1 Å². The molecule has 2 unspecified atom stereocenters. The molecule has 3 rings (SSSR count). The monoisotopic (exact) mass is 410 g/mol. The number of fused-ring (bicyclic) bond motifs is 4. The molecule has 0 saturated carbocycles. The van der Waals surface area contributed by atoms with Gasteiger partial charge in [-0.05, 0) is 30.2 Å². The summed E-state index contributed by atoms with van der Waals surface area (Å²) < 4.78 is 68.9. The fourth-order valence-electron chi connectivity index (χ4n) is 3.01. The largest absolute Gasteiger partial charge is 0.534 e. The summed E-state index contributed by atoms with van der Waals surface area (Å²) >= 11 is 0. The van der Waals surface area contributed by atoms with Crippen molar-refractivity contribution >= 4 is 22.1 Å². The molecule has 13 heteroatoms. The van der Waals surface area contributed by atoms with Gasteiger partial charge in [0.25, 0.3) is 0 Å². The number of ether oxygens (including phenoxy) is 1. The van der Waals surface area contributed by atoms with Gasteiger partial charge in [0.15, 0.2) is 6.04 Å². The second-order valence-corrected chi connectivity index (χ2v) is 7.26. The number of benzene rings is 1. The summed E-state index contributed by atoms with van der Waals surface area (Å²) in [5, 5.41) is 10.3. The fraction of sp³-hybridized carbons (Fsp3) is 0.429. The van der Waals surface area contributed by atoms with Gasteiger partial charge in [-0.1, -0.05) is 6.07 Å². The molecule has 2 bridgehead atoms. The number of rotatable bonds is 4. The van der Waals surface area contributed by atoms with E-state index in [1.165, 1.54) is 0 Å². The third-order valence-corrected chi connectivity index (χ3v) is 5.11. The van der Waals surface area contributed by atoms with E-state index in [0.717, 1.165) is 23.1 Å². The minimum absolute atomic E-state index is 0.0178. The highest BCUT2D eigenvalue weighted by Crippen LogP contribution is 2.44. The van der Waals surface area contributed by atoms with Crippen molar-refractivity contribution in [3.8, 4) is 5.75 Å². The van der Waals surface area contributed by atoms with Crippen LogP contribution < -0.4 is 4.18 Å². The number of urea groups is 1. The van der Waals surface area contributed by atoms with E-state index in [4.69, 9.17) is 4.74 Å². The van der Waals surface area contributed by atoms with Crippen molar-refractivity contribution in [2.24, 2.45) is 0 Å². The minimum Gasteiger partial charge on any atom is -0.464 e. The van der Waals surface area contributed by atoms with Crippen LogP contribution in [0.2, 0.25) is 0 Å². The normalized spacial score (nSPS) is 21.9. The van der Waals surface area contributed by atoms with Crippen LogP contribution in [0.25, 0.3) is 0 Å². The molecule has 0 aliphatic carbocycles. The number of carbonyl (C=O) groups is 2. The molecule has 9 nitrogen and oxygen atoms in total. The number of halogens is 3. The van der Waals surface area contributed by atoms with Crippen molar-refractivity contribution in [2.75, 3.05) is 13.2 Å². The molecule has 1 fully saturated rings. The molecule has 0 spiro atoms. The summed E-state index contributed by atoms with van der Waals surface area (Å²) in [5.74, 6) is -1.47. The molecule has 2 amide bonds. The quantitative estimate of drug-likeness (QED) is 0.348. The Kier molecular flexibility index (Phi) is 4.46. The highest BCUT2D eigenvalue weighted by atomic mass is 32.2. The number of alkyl halides is 3. The maximum atomic E-state index is 12.5. The van der Waals surface area contributed by atoms with Gasteiger partial charge in [-0.15, -0.1) is 0 Å². The van der Waals surface area contributed by atoms with E-state index in [2.05, 4.69) is 4.18 Å². The molecule has 2 heterocycles. The van der Waals surface area contributed by atoms with Crippen molar-refractivity contribution in [1.82, 2.24) is 9.96 Å². The average Bonchev–Trinajstić information content (AvgIpc) is 2.81. The Balaban J connectivity index is 2.05. The van der Waals surface area contributed by atoms with Crippen LogP contribution in [0.5, 0.6) is 5.75 Å². The molecule has 1 saturated heterocycles. The molecule has 148 valence electrons. The number of esters is 1. The van der Waals surface area contributed by atoms with E-state index in [1.54, 1.807) is 6.92 Å². The van der Waals surface area contributed by atoms with Gasteiger partial charge >= 0.3 is 27.6 Å². The smallest absolute Gasteiger partial charge is 0.464 e. The van der Waals surface area contributed by atoms with Gasteiger partial charge in [-0.2, -0.15) is 26.7 Å². The molecule has 27 heavy (non-hydrogen) atoms. The molecule has 1 N–H and O–H groups in total. The summed E-state index contributed by atoms with van der Waals surface area (Å²) in [7, 11) is -5.90. The molecule has 0 aromatic heterocycles. The Morgan fingerprint density at radius 1 is 1.33 bits per heavy atom. The first-order chi connectivity index (χ1) is 12.5. The topological polar surface area (TPSA) is 113 Å². The maximum absolute atomic E-state index is 12.5. The second kappa shape index (κ2) is 6.27. The van der Waals surface area contributed by atoms with E-state index < -0.39 is 45.5 Å². The molecule has 2 aliphatic heterocycles. The summed E-state index contributed by atoms with van der Waals surface area (Å²) in [6.07, 6.45) is 0. The Morgan fingerprint density at radius 2 is 2.00 bits per heavy atom. The van der Waals surface area contributed by atoms with E-state index in [-0.39, 0.29) is 24.3 Å². The standard InChI is InChI=1S/C14H13F3N2O7S/c1-2-25-12(20)11-8-4-3-7(26-27(23,24)14(15,16)17)5-9(8)10-6-18(11)13(21)19(10)22/h3-5,10-11,22H,2,6H2,1H3. The van der Waals surface area contributed by atoms with Crippen LogP contribution in [0.3, 0.4) is 0 Å². The zero-order valence-corrected chi connectivity index (χ0v) is 14.5. The Morgan fingerprint density at radius 3 is 2.59 bits per heavy atom. The van der Waals surface area contributed by atoms with Gasteiger partial charge in [-0.3, -0.25) is 5.21 Å². The zero-order chi connectivity index (χ0) is 20.1. The van der Waals surface area contributed by atoms with Gasteiger partial charge < -0.3 is 13.8 Å². The minimum atomic E-state index is -5.90. The van der Waals surface area contributed by atoms with Gasteiger partial charge in [-0.25, -0.2) is 9.59 Å². The maximum Gasteiger partial charge on any atom is 0.534 e. The number of nitrogens with zero attached hydrogens (tertiary/aromatic N) is 2. The van der Waals surface area contributed by atoms with Crippen LogP contribution in [0.4, 0.5) is 18.0 Å². The predicted molar refractivity (Wildman–Crippen MR) is 79.9 cm³/mol. The lowest BCUT2D eigenvalue weighted by atomic mass is 9.91. The molecule has 2 aliphatic rings. The summed E-state index contributed by atoms with van der Waals surface area (Å²) in [6, 6.07) is -0.103. The third-order valence-electron chi connectivity index (χ3n) is 4.13. The zero-order valence-electron chi connectivity index (χ0n) is 13.6. The van der Waals surface area contributed by atoms with Crippen molar-refractivity contribution < 1.29 is 45.3 Å². The first-order valence-corrected chi connectivity index (χ1v) is 8.98. The lowest BCUT2D eigenvalue weighted by molar-refractivity contribution is -0.148. The molecule has 2 atom stereocenters. The van der Waals surface area contributed by atoms with Crippen LogP contribution >= 0.6 is 0 Å². The lowest BCUT2D eigenvalue weighted by Gasteiger charge is -2.31. The fourth-order valence-corrected chi connectivity index (χ4v) is 3.46. The van der Waals surface area contributed by atoms with Crippen LogP contribution in [0.15, 0.2) is 18.2 Å². The molecule has 0 radical (unpaired) electrons. The molecular formula is C14H13F3N2O7S.